The maximum atomic E-state index is 13.7. The summed E-state index contributed by atoms with van der Waals surface area (Å²) >= 11 is 12.3. The number of hydrogen-bond acceptors (Lipinski definition) is 5. The lowest BCUT2D eigenvalue weighted by molar-refractivity contribution is -0.140. The van der Waals surface area contributed by atoms with E-state index >= 15 is 0 Å². The standard InChI is InChI=1S/C25H33Cl2N3O5S/c1-6-17(3)28-25(32)22(7-2)29(15-18-8-11-20(35-4)12-9-18)24(31)16-30(36(5,33)34)23-14-19(26)10-13-21(23)27/h8-14,17,22H,6-7,15-16H2,1-5H3,(H,28,32)/t17-,22+/m1/s1. The molecule has 0 saturated heterocycles. The van der Waals surface area contributed by atoms with Crippen LogP contribution in [0.1, 0.15) is 39.2 Å². The molecule has 2 rings (SSSR count). The Labute approximate surface area is 223 Å². The van der Waals surface area contributed by atoms with E-state index in [1.165, 1.54) is 23.1 Å². The number of hydrogen-bond donors (Lipinski definition) is 1. The highest BCUT2D eigenvalue weighted by Crippen LogP contribution is 2.31. The van der Waals surface area contributed by atoms with Crippen molar-refractivity contribution in [2.45, 2.75) is 52.2 Å². The molecule has 0 aliphatic heterocycles. The van der Waals surface area contributed by atoms with Crippen molar-refractivity contribution in [3.8, 4) is 5.75 Å². The van der Waals surface area contributed by atoms with Gasteiger partial charge in [-0.25, -0.2) is 8.42 Å². The minimum Gasteiger partial charge on any atom is -0.497 e. The summed E-state index contributed by atoms with van der Waals surface area (Å²) in [4.78, 5) is 28.2. The maximum absolute atomic E-state index is 13.7. The second-order valence-electron chi connectivity index (χ2n) is 8.48. The Morgan fingerprint density at radius 3 is 2.22 bits per heavy atom. The van der Waals surface area contributed by atoms with Crippen LogP contribution in [0.25, 0.3) is 0 Å². The molecule has 0 spiro atoms. The van der Waals surface area contributed by atoms with E-state index in [1.807, 2.05) is 13.8 Å². The van der Waals surface area contributed by atoms with Crippen LogP contribution in [-0.4, -0.2) is 57.1 Å². The van der Waals surface area contributed by atoms with E-state index in [2.05, 4.69) is 5.32 Å². The van der Waals surface area contributed by atoms with Gasteiger partial charge in [-0.2, -0.15) is 0 Å². The number of nitrogens with one attached hydrogen (secondary N) is 1. The molecule has 2 amide bonds. The monoisotopic (exact) mass is 557 g/mol. The second-order valence-corrected chi connectivity index (χ2v) is 11.2. The van der Waals surface area contributed by atoms with Crippen molar-refractivity contribution in [3.63, 3.8) is 0 Å². The van der Waals surface area contributed by atoms with E-state index in [1.54, 1.807) is 38.3 Å². The minimum atomic E-state index is -3.92. The molecule has 0 saturated carbocycles. The second kappa shape index (κ2) is 13.2. The largest absolute Gasteiger partial charge is 0.497 e. The molecule has 0 aromatic heterocycles. The molecule has 198 valence electrons. The predicted octanol–water partition coefficient (Wildman–Crippen LogP) is 4.49. The quantitative estimate of drug-likeness (QED) is 0.414. The topological polar surface area (TPSA) is 96.0 Å². The number of anilines is 1. The Bertz CT molecular complexity index is 1160. The minimum absolute atomic E-state index is 0.0812. The first-order valence-corrected chi connectivity index (χ1v) is 14.2. The Morgan fingerprint density at radius 2 is 1.69 bits per heavy atom. The van der Waals surface area contributed by atoms with Crippen LogP contribution in [0, 0.1) is 0 Å². The van der Waals surface area contributed by atoms with Gasteiger partial charge in [0.25, 0.3) is 0 Å². The van der Waals surface area contributed by atoms with Crippen molar-refractivity contribution in [1.82, 2.24) is 10.2 Å². The van der Waals surface area contributed by atoms with Crippen LogP contribution in [0.3, 0.4) is 0 Å². The summed E-state index contributed by atoms with van der Waals surface area (Å²) in [6, 6.07) is 10.6. The van der Waals surface area contributed by atoms with Gasteiger partial charge in [0.15, 0.2) is 0 Å². The summed E-state index contributed by atoms with van der Waals surface area (Å²) < 4.78 is 31.5. The number of benzene rings is 2. The summed E-state index contributed by atoms with van der Waals surface area (Å²) in [5.41, 5.74) is 0.840. The Hall–Kier alpha value is -2.49. The number of sulfonamides is 1. The van der Waals surface area contributed by atoms with Crippen LogP contribution >= 0.6 is 23.2 Å². The third-order valence-electron chi connectivity index (χ3n) is 5.75. The summed E-state index contributed by atoms with van der Waals surface area (Å²) in [6.45, 7) is 5.17. The highest BCUT2D eigenvalue weighted by atomic mass is 35.5. The normalized spacial score (nSPS) is 13.0. The van der Waals surface area contributed by atoms with Crippen molar-refractivity contribution in [2.75, 3.05) is 24.2 Å². The third-order valence-corrected chi connectivity index (χ3v) is 7.44. The molecule has 2 atom stereocenters. The molecular weight excluding hydrogens is 525 g/mol. The molecule has 1 N–H and O–H groups in total. The number of ether oxygens (including phenoxy) is 1. The van der Waals surface area contributed by atoms with Gasteiger partial charge in [0, 0.05) is 17.6 Å². The van der Waals surface area contributed by atoms with Gasteiger partial charge in [-0.15, -0.1) is 0 Å². The molecule has 11 heteroatoms. The predicted molar refractivity (Wildman–Crippen MR) is 144 cm³/mol. The van der Waals surface area contributed by atoms with Crippen molar-refractivity contribution in [2.24, 2.45) is 0 Å². The van der Waals surface area contributed by atoms with Crippen molar-refractivity contribution in [3.05, 3.63) is 58.1 Å². The average molecular weight is 559 g/mol. The Kier molecular flexibility index (Phi) is 10.9. The van der Waals surface area contributed by atoms with Crippen LogP contribution in [0.4, 0.5) is 5.69 Å². The molecule has 0 aliphatic carbocycles. The lowest BCUT2D eigenvalue weighted by atomic mass is 10.1. The molecule has 0 fully saturated rings. The average Bonchev–Trinajstić information content (AvgIpc) is 2.83. The van der Waals surface area contributed by atoms with E-state index in [0.717, 1.165) is 22.5 Å². The first-order chi connectivity index (χ1) is 16.9. The zero-order chi connectivity index (χ0) is 27.0. The lowest BCUT2D eigenvalue weighted by Crippen LogP contribution is -2.53. The number of amides is 2. The van der Waals surface area contributed by atoms with Crippen LogP contribution < -0.4 is 14.4 Å². The van der Waals surface area contributed by atoms with Gasteiger partial charge in [0.1, 0.15) is 18.3 Å². The Balaban J connectivity index is 2.48. The number of carbonyl (C=O) groups is 2. The molecule has 8 nitrogen and oxygen atoms in total. The van der Waals surface area contributed by atoms with Crippen LogP contribution in [0.15, 0.2) is 42.5 Å². The fourth-order valence-corrected chi connectivity index (χ4v) is 4.85. The van der Waals surface area contributed by atoms with E-state index in [-0.39, 0.29) is 34.2 Å². The summed E-state index contributed by atoms with van der Waals surface area (Å²) in [6.07, 6.45) is 2.04. The number of rotatable bonds is 12. The van der Waals surface area contributed by atoms with Gasteiger partial charge >= 0.3 is 0 Å². The molecule has 2 aromatic carbocycles. The van der Waals surface area contributed by atoms with Gasteiger partial charge < -0.3 is 15.0 Å². The highest BCUT2D eigenvalue weighted by molar-refractivity contribution is 7.92. The molecular formula is C25H33Cl2N3O5S. The maximum Gasteiger partial charge on any atom is 0.244 e. The number of methoxy groups -OCH3 is 1. The van der Waals surface area contributed by atoms with Gasteiger partial charge in [0.2, 0.25) is 21.8 Å². The molecule has 0 unspecified atom stereocenters. The van der Waals surface area contributed by atoms with E-state index < -0.39 is 28.5 Å². The first kappa shape index (κ1) is 29.7. The molecule has 36 heavy (non-hydrogen) atoms. The van der Waals surface area contributed by atoms with Crippen molar-refractivity contribution >= 4 is 50.7 Å². The highest BCUT2D eigenvalue weighted by Gasteiger charge is 2.32. The van der Waals surface area contributed by atoms with Gasteiger partial charge in [-0.05, 0) is 55.7 Å². The third kappa shape index (κ3) is 8.01. The van der Waals surface area contributed by atoms with Gasteiger partial charge in [-0.1, -0.05) is 49.2 Å². The smallest absolute Gasteiger partial charge is 0.244 e. The van der Waals surface area contributed by atoms with Gasteiger partial charge in [0.05, 0.1) is 24.1 Å². The first-order valence-electron chi connectivity index (χ1n) is 11.6. The van der Waals surface area contributed by atoms with Crippen molar-refractivity contribution < 1.29 is 22.7 Å². The number of nitrogens with zero attached hydrogens (tertiary/aromatic N) is 2. The zero-order valence-electron chi connectivity index (χ0n) is 21.1. The van der Waals surface area contributed by atoms with Crippen LogP contribution in [0.5, 0.6) is 5.75 Å². The van der Waals surface area contributed by atoms with Crippen molar-refractivity contribution in [1.29, 1.82) is 0 Å². The van der Waals surface area contributed by atoms with Crippen LogP contribution in [0.2, 0.25) is 10.0 Å². The molecule has 0 bridgehead atoms. The molecule has 0 aliphatic rings. The van der Waals surface area contributed by atoms with E-state index in [0.29, 0.717) is 12.2 Å². The molecule has 0 radical (unpaired) electrons. The summed E-state index contributed by atoms with van der Waals surface area (Å²) in [5.74, 6) is -0.212. The molecule has 2 aromatic rings. The van der Waals surface area contributed by atoms with Crippen LogP contribution in [-0.2, 0) is 26.2 Å². The Morgan fingerprint density at radius 1 is 1.06 bits per heavy atom. The molecule has 0 heterocycles. The summed E-state index contributed by atoms with van der Waals surface area (Å²) in [5, 5.41) is 3.32. The van der Waals surface area contributed by atoms with Gasteiger partial charge in [-0.3, -0.25) is 13.9 Å². The lowest BCUT2D eigenvalue weighted by Gasteiger charge is -2.33. The zero-order valence-corrected chi connectivity index (χ0v) is 23.5. The van der Waals surface area contributed by atoms with E-state index in [9.17, 15) is 18.0 Å². The fraction of sp³-hybridized carbons (Fsp3) is 0.440. The fourth-order valence-electron chi connectivity index (χ4n) is 3.56. The number of carbonyl (C=O) groups excluding carboxylic acids is 2. The summed E-state index contributed by atoms with van der Waals surface area (Å²) in [7, 11) is -2.36. The SMILES string of the molecule is CC[C@@H](C)NC(=O)[C@H](CC)N(Cc1ccc(OC)cc1)C(=O)CN(c1cc(Cl)ccc1Cl)S(C)(=O)=O. The van der Waals surface area contributed by atoms with E-state index in [4.69, 9.17) is 27.9 Å². The number of halogens is 2.